The van der Waals surface area contributed by atoms with Crippen molar-refractivity contribution in [2.45, 2.75) is 97.7 Å². The molecule has 594 valence electrons. The minimum Gasteiger partial charge on any atom is -0.480 e. The molecule has 0 bridgehead atoms. The van der Waals surface area contributed by atoms with Gasteiger partial charge in [-0.15, -0.1) is 0 Å². The maximum Gasteiger partial charge on any atom is 0.347 e. The van der Waals surface area contributed by atoms with Crippen LogP contribution in [0.15, 0.2) is 20.6 Å². The summed E-state index contributed by atoms with van der Waals surface area (Å²) in [5.74, 6) is -11.2. The number of nitrogens with zero attached hydrogens (tertiary/aromatic N) is 9. The van der Waals surface area contributed by atoms with Gasteiger partial charge < -0.3 is 166 Å². The van der Waals surface area contributed by atoms with Gasteiger partial charge in [-0.2, -0.15) is 0 Å². The normalized spacial score (nSPS) is 16.7. The van der Waals surface area contributed by atoms with Crippen LogP contribution >= 0.6 is 0 Å². The van der Waals surface area contributed by atoms with Gasteiger partial charge in [0.25, 0.3) is 0 Å². The second-order valence-electron chi connectivity index (χ2n) is 21.5. The molecule has 0 heterocycles. The van der Waals surface area contributed by atoms with Crippen molar-refractivity contribution in [3.63, 3.8) is 0 Å². The summed E-state index contributed by atoms with van der Waals surface area (Å²) in [7, 11) is 0. The predicted molar refractivity (Wildman–Crippen MR) is 331 cm³/mol. The predicted octanol–water partition coefficient (Wildman–Crippen LogP) is -17.3. The first-order valence-corrected chi connectivity index (χ1v) is 30.5. The van der Waals surface area contributed by atoms with E-state index in [-0.39, 0.29) is 0 Å². The van der Waals surface area contributed by atoms with Crippen LogP contribution in [0.5, 0.6) is 0 Å². The van der Waals surface area contributed by atoms with Crippen molar-refractivity contribution in [2.24, 2.45) is 20.6 Å². The number of oxime groups is 4. The Labute approximate surface area is 583 Å². The number of aliphatic hydroxyl groups is 20. The number of ether oxygens (including phenoxy) is 4. The molecule has 0 aromatic rings. The van der Waals surface area contributed by atoms with Crippen LogP contribution in [-0.2, 0) is 81.4 Å². The minimum atomic E-state index is -2.08. The molecule has 0 aromatic heterocycles. The molecule has 23 N–H and O–H groups in total. The molecule has 0 radical (unpaired) electrons. The molecule has 2 amide bonds. The number of hydrogen-bond donors (Lipinski definition) is 23. The van der Waals surface area contributed by atoms with Crippen LogP contribution < -0.4 is 0 Å². The molecule has 0 aromatic carbocycles. The van der Waals surface area contributed by atoms with Crippen LogP contribution in [0.4, 0.5) is 0 Å². The number of carbonyl (C=O) groups is 9. The number of carboxylic acid groups (broad SMARTS) is 3. The first-order valence-electron chi connectivity index (χ1n) is 30.5. The van der Waals surface area contributed by atoms with E-state index in [0.717, 1.165) is 24.5 Å². The van der Waals surface area contributed by atoms with Gasteiger partial charge in [-0.25, -0.2) is 19.2 Å². The number of carbonyl (C=O) groups excluding carboxylic acids is 6. The van der Waals surface area contributed by atoms with Crippen molar-refractivity contribution >= 4 is 78.5 Å². The molecule has 0 saturated carbocycles. The molecule has 0 aliphatic heterocycles. The van der Waals surface area contributed by atoms with Crippen molar-refractivity contribution in [1.82, 2.24) is 24.5 Å². The number of rotatable bonds is 60. The highest BCUT2D eigenvalue weighted by molar-refractivity contribution is 5.80. The monoisotopic (exact) mass is 1510 g/mol. The van der Waals surface area contributed by atoms with Gasteiger partial charge in [0.15, 0.2) is 0 Å². The average Bonchev–Trinajstić information content (AvgIpc) is 0.981. The molecule has 0 aliphatic rings. The maximum atomic E-state index is 13.9. The fourth-order valence-corrected chi connectivity index (χ4v) is 7.67. The first-order chi connectivity index (χ1) is 48.5. The van der Waals surface area contributed by atoms with E-state index in [9.17, 15) is 140 Å². The molecule has 0 aliphatic carbocycles. The van der Waals surface area contributed by atoms with E-state index in [1.807, 2.05) is 0 Å². The lowest BCUT2D eigenvalue weighted by molar-refractivity contribution is -0.153. The van der Waals surface area contributed by atoms with Crippen molar-refractivity contribution in [3.05, 3.63) is 0 Å². The van der Waals surface area contributed by atoms with Crippen LogP contribution in [0.3, 0.4) is 0 Å². The topological polar surface area (TPSA) is 758 Å². The summed E-state index contributed by atoms with van der Waals surface area (Å²) >= 11 is 0. The van der Waals surface area contributed by atoms with Gasteiger partial charge in [0.2, 0.25) is 38.2 Å². The number of hydrogen-bond acceptors (Lipinski definition) is 44. The quantitative estimate of drug-likeness (QED) is 0.0116. The Morgan fingerprint density at radius 3 is 0.699 bits per heavy atom. The molecule has 0 saturated heterocycles. The molecular formula is C54H93N9O40. The number of aliphatic carboxylic acids is 3. The Bertz CT molecular complexity index is 2320. The molecule has 49 heteroatoms. The van der Waals surface area contributed by atoms with Gasteiger partial charge in [-0.1, -0.05) is 20.6 Å². The molecule has 0 spiro atoms. The van der Waals surface area contributed by atoms with Gasteiger partial charge >= 0.3 is 41.8 Å². The number of aliphatic hydroxyl groups excluding tert-OH is 20. The van der Waals surface area contributed by atoms with Crippen LogP contribution in [0, 0.1) is 0 Å². The molecule has 49 nitrogen and oxygen atoms in total. The zero-order valence-electron chi connectivity index (χ0n) is 55.0. The smallest absolute Gasteiger partial charge is 0.347 e. The Kier molecular flexibility index (Phi) is 49.8. The van der Waals surface area contributed by atoms with Crippen molar-refractivity contribution in [2.75, 3.05) is 164 Å². The highest BCUT2D eigenvalue weighted by Gasteiger charge is 2.33. The largest absolute Gasteiger partial charge is 0.480 e. The molecular weight excluding hydrogens is 1410 g/mol. The van der Waals surface area contributed by atoms with E-state index >= 15 is 0 Å². The Balaban J connectivity index is 6.54. The van der Waals surface area contributed by atoms with E-state index in [0.29, 0.717) is 24.9 Å². The maximum absolute atomic E-state index is 13.9. The van der Waals surface area contributed by atoms with E-state index in [4.69, 9.17) is 39.4 Å². The third-order valence-electron chi connectivity index (χ3n) is 13.5. The fourth-order valence-electron chi connectivity index (χ4n) is 7.67. The second kappa shape index (κ2) is 53.9. The summed E-state index contributed by atoms with van der Waals surface area (Å²) in [5, 5.41) is 235. The summed E-state index contributed by atoms with van der Waals surface area (Å²) in [6.45, 7) is -18.7. The lowest BCUT2D eigenvalue weighted by Crippen LogP contribution is -2.49. The number of amides is 2. The zero-order valence-corrected chi connectivity index (χ0v) is 55.0. The minimum absolute atomic E-state index is 0.405. The van der Waals surface area contributed by atoms with E-state index in [1.54, 1.807) is 0 Å². The number of carboxylic acids is 3. The fraction of sp³-hybridized carbons (Fsp3) is 0.759. The van der Waals surface area contributed by atoms with Gasteiger partial charge in [0.05, 0.1) is 110 Å². The summed E-state index contributed by atoms with van der Waals surface area (Å²) in [6, 6.07) is 0. The van der Waals surface area contributed by atoms with Crippen molar-refractivity contribution in [1.29, 1.82) is 0 Å². The number of esters is 4. The van der Waals surface area contributed by atoms with E-state index < -0.39 is 316 Å². The molecule has 0 rings (SSSR count). The van der Waals surface area contributed by atoms with Crippen LogP contribution in [0.1, 0.15) is 0 Å². The summed E-state index contributed by atoms with van der Waals surface area (Å²) in [4.78, 5) is 138. The molecule has 0 unspecified atom stereocenters. The highest BCUT2D eigenvalue weighted by atomic mass is 16.7. The van der Waals surface area contributed by atoms with Gasteiger partial charge in [-0.05, 0) is 0 Å². The van der Waals surface area contributed by atoms with Crippen LogP contribution in [-0.4, -0.2) is 482 Å². The van der Waals surface area contributed by atoms with Crippen molar-refractivity contribution < 1.29 is 199 Å². The lowest BCUT2D eigenvalue weighted by atomic mass is 10.0. The Morgan fingerprint density at radius 2 is 0.495 bits per heavy atom. The molecule has 0 fully saturated rings. The summed E-state index contributed by atoms with van der Waals surface area (Å²) in [5.41, 5.74) is 0. The van der Waals surface area contributed by atoms with Gasteiger partial charge in [0.1, 0.15) is 124 Å². The van der Waals surface area contributed by atoms with Crippen LogP contribution in [0.25, 0.3) is 0 Å². The van der Waals surface area contributed by atoms with E-state index in [2.05, 4.69) is 40.0 Å². The Morgan fingerprint density at radius 1 is 0.291 bits per heavy atom. The van der Waals surface area contributed by atoms with E-state index in [1.165, 1.54) is 0 Å². The average molecular weight is 1510 g/mol. The SMILES string of the molecule is O=C(O)CN(CCN(CC(=O)O)CC(=O)N(CCOC(=O)CO/N=C/[C@@H](O)[C@@H](O)[C@H](O)[C@H](O)CO)CCOC(=O)CO/N=C/[C@@H](O)[C@@H](O)[C@H](O)[C@H](O)CO)CCN(CC(=O)O)CC(=O)N(CCOC(=O)CO/N=C/[C@@H](O)[C@@H](O)[C@H](O)[C@H](O)CO)CCOC(=O)CO/N=C/[C@@H](O)[C@@H](O)[C@H](O)[C@H](O)CO. The zero-order chi connectivity index (χ0) is 78.3. The first kappa shape index (κ1) is 95.2. The second-order valence-corrected chi connectivity index (χ2v) is 21.5. The third-order valence-corrected chi connectivity index (χ3v) is 13.5. The third kappa shape index (κ3) is 41.9. The molecule has 103 heavy (non-hydrogen) atoms. The molecule has 16 atom stereocenters. The van der Waals surface area contributed by atoms with Gasteiger partial charge in [0, 0.05) is 26.2 Å². The Hall–Kier alpha value is -7.81. The summed E-state index contributed by atoms with van der Waals surface area (Å²) in [6.07, 6.45) is -29.8. The standard InChI is InChI=1S/C54H93N9O40/c64-22-34(72)51(92)47(88)30(68)13-55-100-26-43(84)96-9-5-62(6-10-97-44(85)27-101-56-14-31(69)48(89)52(93)35(73)23-65)38(76)17-60(20-41(80)81)3-1-59(19-40(78)79)2-4-61(21-42(82)83)18-39(77)63(7-11-98-45(86)28-102-57-15-32(70)49(90)53(94)36(74)24-66)8-12-99-46(87)29-103-58-16-33(71)50(91)54(95)37(75)25-67/h13-16,30-37,47-54,64-75,88-95H,1-12,17-29H2,(H,78,79)(H,80,81)(H,82,83)/b55-13+,56-14+,57-15+,58-16+/t30-,31-,32-,33-,34-,35-,36-,37-,47-,48-,49-,50-,51-,52-,53-,54-/m1/s1. The lowest BCUT2D eigenvalue weighted by Gasteiger charge is -2.30. The van der Waals surface area contributed by atoms with Crippen LogP contribution in [0.2, 0.25) is 0 Å². The summed E-state index contributed by atoms with van der Waals surface area (Å²) < 4.78 is 20.1. The van der Waals surface area contributed by atoms with Crippen molar-refractivity contribution in [3.8, 4) is 0 Å². The van der Waals surface area contributed by atoms with Gasteiger partial charge in [-0.3, -0.25) is 38.7 Å². The highest BCUT2D eigenvalue weighted by Crippen LogP contribution is 2.09.